The molecule has 20 heavy (non-hydrogen) atoms. The second kappa shape index (κ2) is 6.02. The highest BCUT2D eigenvalue weighted by molar-refractivity contribution is 5.63. The summed E-state index contributed by atoms with van der Waals surface area (Å²) >= 11 is 0. The fourth-order valence-electron chi connectivity index (χ4n) is 1.92. The second-order valence-electron chi connectivity index (χ2n) is 4.47. The maximum absolute atomic E-state index is 10.9. The number of nitro benzene ring substituents is 1. The minimum Gasteiger partial charge on any atom is -0.381 e. The van der Waals surface area contributed by atoms with Crippen molar-refractivity contribution in [2.24, 2.45) is 5.84 Å². The van der Waals surface area contributed by atoms with Crippen molar-refractivity contribution >= 4 is 17.1 Å². The lowest BCUT2D eigenvalue weighted by atomic mass is 10.2. The minimum atomic E-state index is -0.452. The molecule has 8 nitrogen and oxygen atoms in total. The van der Waals surface area contributed by atoms with E-state index in [1.165, 1.54) is 12.1 Å². The Balaban J connectivity index is 2.11. The van der Waals surface area contributed by atoms with Crippen LogP contribution in [0.25, 0.3) is 0 Å². The number of nitrogen functional groups attached to an aromatic ring is 1. The summed E-state index contributed by atoms with van der Waals surface area (Å²) in [7, 11) is 0. The molecule has 4 N–H and O–H groups in total. The van der Waals surface area contributed by atoms with Gasteiger partial charge < -0.3 is 15.3 Å². The summed E-state index contributed by atoms with van der Waals surface area (Å²) in [4.78, 5) is 14.4. The van der Waals surface area contributed by atoms with Crippen molar-refractivity contribution in [2.45, 2.75) is 19.5 Å². The summed E-state index contributed by atoms with van der Waals surface area (Å²) in [5.74, 6) is 5.32. The maximum Gasteiger partial charge on any atom is 0.273 e. The van der Waals surface area contributed by atoms with E-state index >= 15 is 0 Å². The van der Waals surface area contributed by atoms with Gasteiger partial charge in [-0.15, -0.1) is 0 Å². The summed E-state index contributed by atoms with van der Waals surface area (Å²) < 4.78 is 1.93. The normalized spacial score (nSPS) is 11.9. The average Bonchev–Trinajstić information content (AvgIpc) is 2.90. The van der Waals surface area contributed by atoms with E-state index in [0.717, 1.165) is 0 Å². The van der Waals surface area contributed by atoms with E-state index < -0.39 is 4.92 Å². The summed E-state index contributed by atoms with van der Waals surface area (Å²) in [6.07, 6.45) is 5.29. The molecule has 1 atom stereocenters. The predicted octanol–water partition coefficient (Wildman–Crippen LogP) is 1.58. The molecule has 0 aliphatic rings. The third kappa shape index (κ3) is 3.45. The number of hydrogen-bond acceptors (Lipinski definition) is 6. The Bertz CT molecular complexity index is 584. The van der Waals surface area contributed by atoms with Crippen LogP contribution < -0.4 is 16.6 Å². The van der Waals surface area contributed by atoms with Crippen LogP contribution in [0.15, 0.2) is 36.9 Å². The monoisotopic (exact) mass is 276 g/mol. The molecule has 0 radical (unpaired) electrons. The molecule has 1 aromatic heterocycles. The summed E-state index contributed by atoms with van der Waals surface area (Å²) in [6.45, 7) is 2.68. The molecule has 2 rings (SSSR count). The van der Waals surface area contributed by atoms with Gasteiger partial charge in [0.15, 0.2) is 0 Å². The number of hydrazine groups is 1. The third-order valence-corrected chi connectivity index (χ3v) is 2.75. The van der Waals surface area contributed by atoms with Gasteiger partial charge >= 0.3 is 0 Å². The third-order valence-electron chi connectivity index (χ3n) is 2.75. The van der Waals surface area contributed by atoms with Gasteiger partial charge in [0.25, 0.3) is 5.69 Å². The largest absolute Gasteiger partial charge is 0.381 e. The van der Waals surface area contributed by atoms with Crippen LogP contribution in [-0.4, -0.2) is 20.5 Å². The summed E-state index contributed by atoms with van der Waals surface area (Å²) in [5.41, 5.74) is 3.53. The highest BCUT2D eigenvalue weighted by atomic mass is 16.6. The van der Waals surface area contributed by atoms with Gasteiger partial charge in [-0.3, -0.25) is 16.0 Å². The van der Waals surface area contributed by atoms with Crippen molar-refractivity contribution in [1.82, 2.24) is 9.55 Å². The lowest BCUT2D eigenvalue weighted by molar-refractivity contribution is -0.384. The van der Waals surface area contributed by atoms with Crippen molar-refractivity contribution in [3.05, 3.63) is 47.0 Å². The van der Waals surface area contributed by atoms with Gasteiger partial charge in [-0.05, 0) is 13.0 Å². The fourth-order valence-corrected chi connectivity index (χ4v) is 1.92. The van der Waals surface area contributed by atoms with Gasteiger partial charge in [0.1, 0.15) is 0 Å². The van der Waals surface area contributed by atoms with E-state index in [2.05, 4.69) is 15.7 Å². The van der Waals surface area contributed by atoms with Crippen LogP contribution in [0, 0.1) is 10.1 Å². The Hall–Kier alpha value is -2.61. The number of nitro groups is 1. The van der Waals surface area contributed by atoms with E-state index in [4.69, 9.17) is 5.84 Å². The number of nitrogens with zero attached hydrogens (tertiary/aromatic N) is 3. The first kappa shape index (κ1) is 13.8. The lowest BCUT2D eigenvalue weighted by Gasteiger charge is -2.16. The summed E-state index contributed by atoms with van der Waals surface area (Å²) in [6, 6.07) is 4.66. The van der Waals surface area contributed by atoms with Crippen LogP contribution >= 0.6 is 0 Å². The van der Waals surface area contributed by atoms with Crippen molar-refractivity contribution in [2.75, 3.05) is 10.7 Å². The molecule has 0 aliphatic carbocycles. The molecule has 0 aliphatic heterocycles. The Labute approximate surface area is 115 Å². The molecule has 0 bridgehead atoms. The number of benzene rings is 1. The predicted molar refractivity (Wildman–Crippen MR) is 76.2 cm³/mol. The van der Waals surface area contributed by atoms with Crippen molar-refractivity contribution in [3.63, 3.8) is 0 Å². The highest BCUT2D eigenvalue weighted by Crippen LogP contribution is 2.24. The second-order valence-corrected chi connectivity index (χ2v) is 4.47. The highest BCUT2D eigenvalue weighted by Gasteiger charge is 2.11. The summed E-state index contributed by atoms with van der Waals surface area (Å²) in [5, 5.41) is 14.1. The van der Waals surface area contributed by atoms with Crippen LogP contribution in [0.2, 0.25) is 0 Å². The van der Waals surface area contributed by atoms with Gasteiger partial charge in [0.05, 0.1) is 16.9 Å². The van der Waals surface area contributed by atoms with Crippen LogP contribution in [-0.2, 0) is 6.54 Å². The number of rotatable bonds is 6. The van der Waals surface area contributed by atoms with Crippen LogP contribution in [0.3, 0.4) is 0 Å². The zero-order valence-electron chi connectivity index (χ0n) is 11.0. The zero-order valence-corrected chi connectivity index (χ0v) is 11.0. The van der Waals surface area contributed by atoms with Crippen molar-refractivity contribution < 1.29 is 4.92 Å². The minimum absolute atomic E-state index is 0.0159. The maximum atomic E-state index is 10.9. The number of anilines is 2. The van der Waals surface area contributed by atoms with Gasteiger partial charge in [0, 0.05) is 42.8 Å². The van der Waals surface area contributed by atoms with Crippen molar-refractivity contribution in [1.29, 1.82) is 0 Å². The van der Waals surface area contributed by atoms with Gasteiger partial charge in [-0.2, -0.15) is 0 Å². The van der Waals surface area contributed by atoms with Gasteiger partial charge in [-0.25, -0.2) is 4.98 Å². The fraction of sp³-hybridized carbons (Fsp3) is 0.250. The first-order valence-electron chi connectivity index (χ1n) is 6.07. The van der Waals surface area contributed by atoms with Crippen LogP contribution in [0.1, 0.15) is 6.92 Å². The van der Waals surface area contributed by atoms with Crippen LogP contribution in [0.5, 0.6) is 0 Å². The Morgan fingerprint density at radius 3 is 2.80 bits per heavy atom. The van der Waals surface area contributed by atoms with Gasteiger partial charge in [-0.1, -0.05) is 0 Å². The van der Waals surface area contributed by atoms with E-state index in [1.54, 1.807) is 18.6 Å². The topological polar surface area (TPSA) is 111 Å². The number of nitrogens with two attached hydrogens (primary N) is 1. The van der Waals surface area contributed by atoms with E-state index in [1.807, 2.05) is 17.7 Å². The molecular formula is C12H16N6O2. The molecule has 0 amide bonds. The first-order chi connectivity index (χ1) is 9.58. The molecular weight excluding hydrogens is 260 g/mol. The number of nitrogens with one attached hydrogen (secondary N) is 2. The zero-order chi connectivity index (χ0) is 14.5. The molecule has 106 valence electrons. The quantitative estimate of drug-likeness (QED) is 0.419. The molecule has 0 spiro atoms. The Morgan fingerprint density at radius 1 is 1.45 bits per heavy atom. The molecule has 1 unspecified atom stereocenters. The molecule has 0 saturated heterocycles. The molecule has 0 saturated carbocycles. The molecule has 1 heterocycles. The number of imidazole rings is 1. The molecule has 8 heteroatoms. The van der Waals surface area contributed by atoms with Crippen LogP contribution in [0.4, 0.5) is 17.1 Å². The average molecular weight is 276 g/mol. The van der Waals surface area contributed by atoms with E-state index in [9.17, 15) is 10.1 Å². The lowest BCUT2D eigenvalue weighted by Crippen LogP contribution is -2.21. The number of aromatic nitrogens is 2. The number of hydrogen-bond donors (Lipinski definition) is 3. The number of non-ortho nitro benzene ring substituents is 1. The Kier molecular flexibility index (Phi) is 4.16. The van der Waals surface area contributed by atoms with Gasteiger partial charge in [0.2, 0.25) is 0 Å². The first-order valence-corrected chi connectivity index (χ1v) is 6.07. The van der Waals surface area contributed by atoms with E-state index in [0.29, 0.717) is 17.9 Å². The molecule has 1 aromatic carbocycles. The van der Waals surface area contributed by atoms with Crippen molar-refractivity contribution in [3.8, 4) is 0 Å². The van der Waals surface area contributed by atoms with E-state index in [-0.39, 0.29) is 11.7 Å². The molecule has 0 fully saturated rings. The SMILES string of the molecule is CC(Cn1ccnc1)Nc1cc(NN)cc([N+](=O)[O-])c1. The Morgan fingerprint density at radius 2 is 2.20 bits per heavy atom. The molecule has 2 aromatic rings. The standard InChI is InChI=1S/C12H16N6O2/c1-9(7-17-3-2-14-8-17)15-10-4-11(16-13)6-12(5-10)18(19)20/h2-6,8-9,15-16H,7,13H2,1H3. The smallest absolute Gasteiger partial charge is 0.273 e.